The summed E-state index contributed by atoms with van der Waals surface area (Å²) in [5, 5.41) is 11.9. The molecule has 0 saturated carbocycles. The van der Waals surface area contributed by atoms with E-state index >= 15 is 0 Å². The van der Waals surface area contributed by atoms with Crippen molar-refractivity contribution in [1.82, 2.24) is 10.2 Å². The molecule has 0 aromatic heterocycles. The third-order valence-corrected chi connectivity index (χ3v) is 4.06. The third kappa shape index (κ3) is 6.62. The van der Waals surface area contributed by atoms with Gasteiger partial charge in [0.25, 0.3) is 0 Å². The number of carboxylic acids is 1. The number of ether oxygens (including phenoxy) is 1. The van der Waals surface area contributed by atoms with Gasteiger partial charge in [-0.2, -0.15) is 0 Å². The van der Waals surface area contributed by atoms with Gasteiger partial charge < -0.3 is 15.2 Å². The molecule has 2 aromatic rings. The van der Waals surface area contributed by atoms with Crippen molar-refractivity contribution in [2.75, 3.05) is 13.1 Å². The number of aliphatic carboxylic acids is 1. The highest BCUT2D eigenvalue weighted by Crippen LogP contribution is 2.24. The van der Waals surface area contributed by atoms with E-state index in [1.54, 1.807) is 36.1 Å². The van der Waals surface area contributed by atoms with Crippen molar-refractivity contribution < 1.29 is 28.2 Å². The fourth-order valence-corrected chi connectivity index (χ4v) is 2.56. The van der Waals surface area contributed by atoms with E-state index in [9.17, 15) is 23.5 Å². The topological polar surface area (TPSA) is 78.9 Å². The lowest BCUT2D eigenvalue weighted by molar-refractivity contribution is -0.142. The van der Waals surface area contributed by atoms with Crippen molar-refractivity contribution in [1.29, 1.82) is 0 Å². The maximum Gasteiger partial charge on any atom is 0.320 e. The van der Waals surface area contributed by atoms with Gasteiger partial charge in [-0.15, -0.1) is 0 Å². The van der Waals surface area contributed by atoms with E-state index in [0.717, 1.165) is 23.8 Å². The average Bonchev–Trinajstić information content (AvgIpc) is 2.60. The molecule has 1 amide bonds. The fraction of sp³-hybridized carbons (Fsp3) is 0.300. The van der Waals surface area contributed by atoms with Crippen LogP contribution in [0.25, 0.3) is 0 Å². The molecule has 0 aliphatic rings. The Morgan fingerprint density at radius 2 is 1.71 bits per heavy atom. The Balaban J connectivity index is 2.04. The first-order valence-electron chi connectivity index (χ1n) is 8.69. The minimum atomic E-state index is -0.962. The Morgan fingerprint density at radius 1 is 1.11 bits per heavy atom. The summed E-state index contributed by atoms with van der Waals surface area (Å²) in [6, 6.07) is 8.93. The SMILES string of the molecule is CC(=O)NCCN(Cc1ccc(Oc2cc(F)cc(F)c2)cc1)C(C)C(=O)O. The molecule has 0 bridgehead atoms. The quantitative estimate of drug-likeness (QED) is 0.685. The fourth-order valence-electron chi connectivity index (χ4n) is 2.56. The highest BCUT2D eigenvalue weighted by molar-refractivity contribution is 5.73. The number of halogens is 2. The molecule has 2 aromatic carbocycles. The van der Waals surface area contributed by atoms with Crippen LogP contribution < -0.4 is 10.1 Å². The van der Waals surface area contributed by atoms with Gasteiger partial charge in [0.2, 0.25) is 5.91 Å². The molecule has 8 heteroatoms. The monoisotopic (exact) mass is 392 g/mol. The third-order valence-electron chi connectivity index (χ3n) is 4.06. The number of carbonyl (C=O) groups excluding carboxylic acids is 1. The number of benzene rings is 2. The van der Waals surface area contributed by atoms with E-state index in [1.807, 2.05) is 0 Å². The largest absolute Gasteiger partial charge is 0.480 e. The molecule has 2 N–H and O–H groups in total. The lowest BCUT2D eigenvalue weighted by atomic mass is 10.1. The predicted octanol–water partition coefficient (Wildman–Crippen LogP) is 3.17. The van der Waals surface area contributed by atoms with Crippen molar-refractivity contribution in [3.63, 3.8) is 0 Å². The summed E-state index contributed by atoms with van der Waals surface area (Å²) in [7, 11) is 0. The Bertz CT molecular complexity index is 807. The lowest BCUT2D eigenvalue weighted by Gasteiger charge is -2.26. The van der Waals surface area contributed by atoms with E-state index < -0.39 is 23.6 Å². The van der Waals surface area contributed by atoms with Crippen LogP contribution in [-0.4, -0.2) is 41.0 Å². The number of nitrogens with zero attached hydrogens (tertiary/aromatic N) is 1. The zero-order valence-electron chi connectivity index (χ0n) is 15.6. The summed E-state index contributed by atoms with van der Waals surface area (Å²) in [6.07, 6.45) is 0. The van der Waals surface area contributed by atoms with Crippen molar-refractivity contribution in [3.8, 4) is 11.5 Å². The molecule has 28 heavy (non-hydrogen) atoms. The first-order valence-corrected chi connectivity index (χ1v) is 8.69. The van der Waals surface area contributed by atoms with Gasteiger partial charge >= 0.3 is 5.97 Å². The van der Waals surface area contributed by atoms with E-state index in [4.69, 9.17) is 4.74 Å². The predicted molar refractivity (Wildman–Crippen MR) is 99.1 cm³/mol. The highest BCUT2D eigenvalue weighted by Gasteiger charge is 2.20. The summed E-state index contributed by atoms with van der Waals surface area (Å²) in [6.45, 7) is 4.02. The van der Waals surface area contributed by atoms with Gasteiger partial charge in [-0.1, -0.05) is 12.1 Å². The summed E-state index contributed by atoms with van der Waals surface area (Å²) in [5.41, 5.74) is 0.827. The Kier molecular flexibility index (Phi) is 7.45. The van der Waals surface area contributed by atoms with Crippen molar-refractivity contribution >= 4 is 11.9 Å². The molecule has 0 spiro atoms. The van der Waals surface area contributed by atoms with Crippen LogP contribution in [0.2, 0.25) is 0 Å². The molecule has 0 fully saturated rings. The van der Waals surface area contributed by atoms with Gasteiger partial charge in [0.05, 0.1) is 0 Å². The smallest absolute Gasteiger partial charge is 0.320 e. The van der Waals surface area contributed by atoms with Crippen molar-refractivity contribution in [3.05, 3.63) is 59.7 Å². The Hall–Kier alpha value is -3.00. The molecule has 150 valence electrons. The maximum atomic E-state index is 13.2. The van der Waals surface area contributed by atoms with Gasteiger partial charge in [0.1, 0.15) is 29.2 Å². The number of hydrogen-bond acceptors (Lipinski definition) is 4. The zero-order valence-corrected chi connectivity index (χ0v) is 15.6. The minimum absolute atomic E-state index is 0.0432. The molecule has 1 unspecified atom stereocenters. The van der Waals surface area contributed by atoms with E-state index in [0.29, 0.717) is 25.4 Å². The van der Waals surface area contributed by atoms with Gasteiger partial charge in [-0.25, -0.2) is 8.78 Å². The van der Waals surface area contributed by atoms with E-state index in [1.165, 1.54) is 6.92 Å². The standard InChI is InChI=1S/C20H22F2N2O4/c1-13(20(26)27)24(8-7-23-14(2)25)12-15-3-5-18(6-4-15)28-19-10-16(21)9-17(22)11-19/h3-6,9-11,13H,7-8,12H2,1-2H3,(H,23,25)(H,26,27). The Labute approximate surface area is 161 Å². The normalized spacial score (nSPS) is 11.9. The first kappa shape index (κ1) is 21.3. The van der Waals surface area contributed by atoms with Crippen LogP contribution in [0.15, 0.2) is 42.5 Å². The van der Waals surface area contributed by atoms with Crippen LogP contribution in [0.4, 0.5) is 8.78 Å². The Morgan fingerprint density at radius 3 is 2.25 bits per heavy atom. The first-order chi connectivity index (χ1) is 13.2. The maximum absolute atomic E-state index is 13.2. The van der Waals surface area contributed by atoms with Crippen LogP contribution in [0, 0.1) is 11.6 Å². The number of amides is 1. The van der Waals surface area contributed by atoms with Gasteiger partial charge in [0.15, 0.2) is 0 Å². The van der Waals surface area contributed by atoms with Gasteiger partial charge in [-0.3, -0.25) is 14.5 Å². The summed E-state index contributed by atoms with van der Waals surface area (Å²) in [5.74, 6) is -2.17. The number of nitrogens with one attached hydrogen (secondary N) is 1. The lowest BCUT2D eigenvalue weighted by Crippen LogP contribution is -2.42. The van der Waals surface area contributed by atoms with E-state index in [2.05, 4.69) is 5.32 Å². The van der Waals surface area contributed by atoms with Crippen molar-refractivity contribution in [2.24, 2.45) is 0 Å². The number of hydrogen-bond donors (Lipinski definition) is 2. The van der Waals surface area contributed by atoms with Crippen molar-refractivity contribution in [2.45, 2.75) is 26.4 Å². The van der Waals surface area contributed by atoms with Gasteiger partial charge in [-0.05, 0) is 24.6 Å². The molecule has 6 nitrogen and oxygen atoms in total. The highest BCUT2D eigenvalue weighted by atomic mass is 19.1. The molecular weight excluding hydrogens is 370 g/mol. The zero-order chi connectivity index (χ0) is 20.7. The second-order valence-electron chi connectivity index (χ2n) is 6.32. The van der Waals surface area contributed by atoms with Crippen LogP contribution in [0.1, 0.15) is 19.4 Å². The number of rotatable bonds is 9. The van der Waals surface area contributed by atoms with Crippen LogP contribution in [-0.2, 0) is 16.1 Å². The van der Waals surface area contributed by atoms with Crippen LogP contribution >= 0.6 is 0 Å². The summed E-state index contributed by atoms with van der Waals surface area (Å²) >= 11 is 0. The average molecular weight is 392 g/mol. The second-order valence-corrected chi connectivity index (χ2v) is 6.32. The second kappa shape index (κ2) is 9.80. The molecule has 0 aliphatic heterocycles. The molecular formula is C20H22F2N2O4. The van der Waals surface area contributed by atoms with Gasteiger partial charge in [0, 0.05) is 44.8 Å². The summed E-state index contributed by atoms with van der Waals surface area (Å²) < 4.78 is 31.9. The molecule has 2 rings (SSSR count). The summed E-state index contributed by atoms with van der Waals surface area (Å²) in [4.78, 5) is 24.1. The molecule has 0 aliphatic carbocycles. The molecule has 0 saturated heterocycles. The molecule has 0 radical (unpaired) electrons. The number of carbonyl (C=O) groups is 2. The minimum Gasteiger partial charge on any atom is -0.480 e. The van der Waals surface area contributed by atoms with E-state index in [-0.39, 0.29) is 11.7 Å². The molecule has 0 heterocycles. The molecule has 1 atom stereocenters. The van der Waals surface area contributed by atoms with Crippen LogP contribution in [0.3, 0.4) is 0 Å². The van der Waals surface area contributed by atoms with Crippen LogP contribution in [0.5, 0.6) is 11.5 Å². The number of carboxylic acid groups (broad SMARTS) is 1.